The van der Waals surface area contributed by atoms with E-state index in [9.17, 15) is 18.4 Å². The summed E-state index contributed by atoms with van der Waals surface area (Å²) < 4.78 is 34.5. The summed E-state index contributed by atoms with van der Waals surface area (Å²) in [6.07, 6.45) is -0.530. The number of aromatic nitrogens is 2. The first-order valence-electron chi connectivity index (χ1n) is 8.56. The molecule has 0 unspecified atom stereocenters. The topological polar surface area (TPSA) is 93.4 Å². The first-order chi connectivity index (χ1) is 13.9. The van der Waals surface area contributed by atoms with Gasteiger partial charge in [-0.25, -0.2) is 8.78 Å². The predicted molar refractivity (Wildman–Crippen MR) is 98.9 cm³/mol. The van der Waals surface area contributed by atoms with Gasteiger partial charge >= 0.3 is 5.97 Å². The van der Waals surface area contributed by atoms with E-state index in [0.717, 1.165) is 4.68 Å². The molecule has 0 saturated carbocycles. The van der Waals surface area contributed by atoms with Gasteiger partial charge in [0.05, 0.1) is 19.6 Å². The van der Waals surface area contributed by atoms with Crippen molar-refractivity contribution in [1.82, 2.24) is 15.1 Å². The van der Waals surface area contributed by atoms with Crippen molar-refractivity contribution in [2.75, 3.05) is 7.11 Å². The number of benzene rings is 2. The lowest BCUT2D eigenvalue weighted by Crippen LogP contribution is -2.31. The minimum Gasteiger partial charge on any atom is -0.481 e. The van der Waals surface area contributed by atoms with Crippen LogP contribution in [0.25, 0.3) is 5.69 Å². The number of hydrogen-bond acceptors (Lipinski definition) is 4. The quantitative estimate of drug-likeness (QED) is 0.635. The molecule has 9 heteroatoms. The monoisotopic (exact) mass is 401 g/mol. The molecule has 0 aliphatic rings. The van der Waals surface area contributed by atoms with Crippen LogP contribution in [0.2, 0.25) is 0 Å². The Morgan fingerprint density at radius 1 is 1.14 bits per heavy atom. The minimum atomic E-state index is -1.21. The van der Waals surface area contributed by atoms with Gasteiger partial charge < -0.3 is 15.2 Å². The SMILES string of the molecule is COc1cc(C(=O)N[C@@H](CC(=O)O)c2ccccc2F)nn1-c1ccccc1F. The fourth-order valence-corrected chi connectivity index (χ4v) is 2.82. The molecule has 1 atom stereocenters. The summed E-state index contributed by atoms with van der Waals surface area (Å²) in [7, 11) is 1.34. The van der Waals surface area contributed by atoms with Crippen LogP contribution in [0.1, 0.15) is 28.5 Å². The molecule has 2 N–H and O–H groups in total. The third-order valence-electron chi connectivity index (χ3n) is 4.16. The molecule has 0 aliphatic carbocycles. The standard InChI is InChI=1S/C20H17F2N3O4/c1-29-18-10-16(24-25(18)17-9-5-4-8-14(17)22)20(28)23-15(11-19(26)27)12-6-2-3-7-13(12)21/h2-10,15H,11H2,1H3,(H,23,28)(H,26,27)/t15-/m0/s1. The number of methoxy groups -OCH3 is 1. The van der Waals surface area contributed by atoms with Crippen LogP contribution in [0.5, 0.6) is 5.88 Å². The number of carboxylic acids is 1. The lowest BCUT2D eigenvalue weighted by molar-refractivity contribution is -0.137. The molecule has 1 aromatic heterocycles. The summed E-state index contributed by atoms with van der Waals surface area (Å²) in [5.74, 6) is -3.09. The van der Waals surface area contributed by atoms with Gasteiger partial charge in [0, 0.05) is 11.6 Å². The predicted octanol–water partition coefficient (Wildman–Crippen LogP) is 3.10. The number of rotatable bonds is 7. The van der Waals surface area contributed by atoms with E-state index < -0.39 is 36.0 Å². The van der Waals surface area contributed by atoms with Crippen molar-refractivity contribution in [1.29, 1.82) is 0 Å². The fraction of sp³-hybridized carbons (Fsp3) is 0.150. The van der Waals surface area contributed by atoms with Gasteiger partial charge in [-0.15, -0.1) is 0 Å². The van der Waals surface area contributed by atoms with Crippen molar-refractivity contribution in [2.24, 2.45) is 0 Å². The first-order valence-corrected chi connectivity index (χ1v) is 8.56. The molecule has 0 aliphatic heterocycles. The number of amides is 1. The van der Waals surface area contributed by atoms with E-state index in [1.807, 2.05) is 0 Å². The third-order valence-corrected chi connectivity index (χ3v) is 4.16. The highest BCUT2D eigenvalue weighted by Gasteiger charge is 2.24. The maximum absolute atomic E-state index is 14.1. The third kappa shape index (κ3) is 4.40. The number of carbonyl (C=O) groups is 2. The van der Waals surface area contributed by atoms with E-state index in [1.165, 1.54) is 55.6 Å². The van der Waals surface area contributed by atoms with E-state index in [4.69, 9.17) is 9.84 Å². The van der Waals surface area contributed by atoms with Crippen molar-refractivity contribution in [2.45, 2.75) is 12.5 Å². The second-order valence-corrected chi connectivity index (χ2v) is 6.08. The highest BCUT2D eigenvalue weighted by atomic mass is 19.1. The second kappa shape index (κ2) is 8.51. The van der Waals surface area contributed by atoms with Crippen LogP contribution in [0.3, 0.4) is 0 Å². The maximum atomic E-state index is 14.1. The van der Waals surface area contributed by atoms with E-state index in [2.05, 4.69) is 10.4 Å². The van der Waals surface area contributed by atoms with Crippen molar-refractivity contribution < 1.29 is 28.2 Å². The van der Waals surface area contributed by atoms with E-state index in [-0.39, 0.29) is 22.8 Å². The molecule has 7 nitrogen and oxygen atoms in total. The van der Waals surface area contributed by atoms with Gasteiger partial charge in [0.25, 0.3) is 5.91 Å². The average Bonchev–Trinajstić information content (AvgIpc) is 3.12. The molecular formula is C20H17F2N3O4. The summed E-state index contributed by atoms with van der Waals surface area (Å²) in [5.41, 5.74) is -0.0415. The zero-order valence-corrected chi connectivity index (χ0v) is 15.3. The molecule has 3 rings (SSSR count). The number of halogens is 2. The van der Waals surface area contributed by atoms with E-state index >= 15 is 0 Å². The Hall–Kier alpha value is -3.75. The van der Waals surface area contributed by atoms with Crippen LogP contribution in [0.15, 0.2) is 54.6 Å². The summed E-state index contributed by atoms with van der Waals surface area (Å²) in [4.78, 5) is 23.9. The molecule has 1 amide bonds. The average molecular weight is 401 g/mol. The number of carbonyl (C=O) groups excluding carboxylic acids is 1. The molecule has 29 heavy (non-hydrogen) atoms. The summed E-state index contributed by atoms with van der Waals surface area (Å²) in [5, 5.41) is 15.7. The molecule has 0 radical (unpaired) electrons. The Balaban J connectivity index is 1.92. The number of ether oxygens (including phenoxy) is 1. The van der Waals surface area contributed by atoms with Gasteiger partial charge in [0.1, 0.15) is 17.3 Å². The number of carboxylic acid groups (broad SMARTS) is 1. The molecular weight excluding hydrogens is 384 g/mol. The zero-order valence-electron chi connectivity index (χ0n) is 15.3. The molecule has 150 valence electrons. The number of nitrogens with one attached hydrogen (secondary N) is 1. The van der Waals surface area contributed by atoms with Gasteiger partial charge in [-0.05, 0) is 18.2 Å². The Kier molecular flexibility index (Phi) is 5.87. The Morgan fingerprint density at radius 3 is 2.41 bits per heavy atom. The van der Waals surface area contributed by atoms with Crippen LogP contribution < -0.4 is 10.1 Å². The van der Waals surface area contributed by atoms with Crippen molar-refractivity contribution in [3.63, 3.8) is 0 Å². The molecule has 3 aromatic rings. The van der Waals surface area contributed by atoms with Gasteiger partial charge in [-0.3, -0.25) is 9.59 Å². The van der Waals surface area contributed by atoms with Gasteiger partial charge in [-0.1, -0.05) is 30.3 Å². The molecule has 2 aromatic carbocycles. The Bertz CT molecular complexity index is 1050. The lowest BCUT2D eigenvalue weighted by atomic mass is 10.0. The first kappa shape index (κ1) is 20.0. The number of hydrogen-bond donors (Lipinski definition) is 2. The van der Waals surface area contributed by atoms with Gasteiger partial charge in [0.15, 0.2) is 5.69 Å². The van der Waals surface area contributed by atoms with E-state index in [0.29, 0.717) is 0 Å². The molecule has 0 bridgehead atoms. The molecule has 0 fully saturated rings. The highest BCUT2D eigenvalue weighted by molar-refractivity contribution is 5.93. The van der Waals surface area contributed by atoms with Crippen LogP contribution in [-0.4, -0.2) is 33.9 Å². The van der Waals surface area contributed by atoms with Crippen molar-refractivity contribution in [3.8, 4) is 11.6 Å². The van der Waals surface area contributed by atoms with Crippen LogP contribution in [0.4, 0.5) is 8.78 Å². The van der Waals surface area contributed by atoms with Crippen LogP contribution in [0, 0.1) is 11.6 Å². The molecule has 0 saturated heterocycles. The summed E-state index contributed by atoms with van der Waals surface area (Å²) in [6.45, 7) is 0. The van der Waals surface area contributed by atoms with Gasteiger partial charge in [-0.2, -0.15) is 9.78 Å². The van der Waals surface area contributed by atoms with Crippen LogP contribution >= 0.6 is 0 Å². The Morgan fingerprint density at radius 2 is 1.79 bits per heavy atom. The van der Waals surface area contributed by atoms with Gasteiger partial charge in [0.2, 0.25) is 5.88 Å². The normalized spacial score (nSPS) is 11.7. The van der Waals surface area contributed by atoms with E-state index in [1.54, 1.807) is 6.07 Å². The lowest BCUT2D eigenvalue weighted by Gasteiger charge is -2.17. The fourth-order valence-electron chi connectivity index (χ4n) is 2.82. The van der Waals surface area contributed by atoms with Crippen molar-refractivity contribution >= 4 is 11.9 Å². The number of nitrogens with zero attached hydrogens (tertiary/aromatic N) is 2. The minimum absolute atomic E-state index is 0.0313. The highest BCUT2D eigenvalue weighted by Crippen LogP contribution is 2.24. The smallest absolute Gasteiger partial charge is 0.305 e. The Labute approximate surface area is 164 Å². The van der Waals surface area contributed by atoms with Crippen molar-refractivity contribution in [3.05, 3.63) is 77.5 Å². The second-order valence-electron chi connectivity index (χ2n) is 6.08. The zero-order chi connectivity index (χ0) is 21.0. The summed E-state index contributed by atoms with van der Waals surface area (Å²) >= 11 is 0. The number of aliphatic carboxylic acids is 1. The van der Waals surface area contributed by atoms with Crippen LogP contribution in [-0.2, 0) is 4.79 Å². The largest absolute Gasteiger partial charge is 0.481 e. The molecule has 0 spiro atoms. The number of para-hydroxylation sites is 1. The maximum Gasteiger partial charge on any atom is 0.305 e. The molecule has 1 heterocycles. The summed E-state index contributed by atoms with van der Waals surface area (Å²) in [6, 6.07) is 11.5.